The quantitative estimate of drug-likeness (QED) is 0.0564. The van der Waals surface area contributed by atoms with Crippen LogP contribution in [0.3, 0.4) is 0 Å². The molecule has 2 atom stereocenters. The van der Waals surface area contributed by atoms with E-state index in [-0.39, 0.29) is 5.41 Å². The first-order valence-corrected chi connectivity index (χ1v) is 22.8. The van der Waals surface area contributed by atoms with Crippen molar-refractivity contribution < 1.29 is 0 Å². The number of rotatable bonds is 34. The molecule has 52 heavy (non-hydrogen) atoms. The highest BCUT2D eigenvalue weighted by atomic mass is 15.1. The van der Waals surface area contributed by atoms with E-state index in [9.17, 15) is 0 Å². The Hall–Kier alpha value is -2.35. The summed E-state index contributed by atoms with van der Waals surface area (Å²) in [6, 6.07) is 22.6. The van der Waals surface area contributed by atoms with Crippen LogP contribution >= 0.6 is 0 Å². The summed E-state index contributed by atoms with van der Waals surface area (Å²) in [4.78, 5) is 5.18. The SMILES string of the molecule is CCCCCCCCCCCCCCCCCn1ccnc1C(CCCCCCCCCCCCCC)C(C)(Cc1ccccc1)c1ccccc1. The number of hydrogen-bond donors (Lipinski definition) is 0. The number of unbranched alkanes of at least 4 members (excludes halogenated alkanes) is 25. The van der Waals surface area contributed by atoms with Gasteiger partial charge in [0.05, 0.1) is 0 Å². The fourth-order valence-electron chi connectivity index (χ4n) is 8.66. The van der Waals surface area contributed by atoms with Gasteiger partial charge in [-0.1, -0.05) is 248 Å². The molecule has 0 radical (unpaired) electrons. The first-order chi connectivity index (χ1) is 25.7. The molecule has 0 fully saturated rings. The Morgan fingerprint density at radius 2 is 0.904 bits per heavy atom. The average molecular weight is 711 g/mol. The van der Waals surface area contributed by atoms with E-state index in [4.69, 9.17) is 4.98 Å². The molecule has 0 spiro atoms. The Kier molecular flexibility index (Phi) is 24.6. The van der Waals surface area contributed by atoms with Gasteiger partial charge < -0.3 is 4.57 Å². The maximum absolute atomic E-state index is 5.18. The summed E-state index contributed by atoms with van der Waals surface area (Å²) >= 11 is 0. The Bertz CT molecular complexity index is 1200. The van der Waals surface area contributed by atoms with Gasteiger partial charge in [0.1, 0.15) is 5.82 Å². The second-order valence-electron chi connectivity index (χ2n) is 16.6. The first kappa shape index (κ1) is 44.0. The van der Waals surface area contributed by atoms with Crippen LogP contribution in [0.15, 0.2) is 73.1 Å². The molecule has 292 valence electrons. The summed E-state index contributed by atoms with van der Waals surface area (Å²) in [5, 5.41) is 0. The van der Waals surface area contributed by atoms with Crippen molar-refractivity contribution in [2.45, 2.75) is 225 Å². The number of aryl methyl sites for hydroxylation is 1. The first-order valence-electron chi connectivity index (χ1n) is 22.8. The fourth-order valence-corrected chi connectivity index (χ4v) is 8.66. The molecular formula is C50H82N2. The van der Waals surface area contributed by atoms with Gasteiger partial charge in [0, 0.05) is 30.3 Å². The van der Waals surface area contributed by atoms with Crippen molar-refractivity contribution >= 4 is 0 Å². The monoisotopic (exact) mass is 711 g/mol. The Morgan fingerprint density at radius 3 is 1.37 bits per heavy atom. The van der Waals surface area contributed by atoms with Gasteiger partial charge in [-0.2, -0.15) is 0 Å². The van der Waals surface area contributed by atoms with Crippen molar-refractivity contribution in [1.82, 2.24) is 9.55 Å². The highest BCUT2D eigenvalue weighted by Crippen LogP contribution is 2.44. The van der Waals surface area contributed by atoms with E-state index in [2.05, 4.69) is 98.4 Å². The zero-order valence-corrected chi connectivity index (χ0v) is 34.6. The predicted octanol–water partition coefficient (Wildman–Crippen LogP) is 16.1. The summed E-state index contributed by atoms with van der Waals surface area (Å²) in [6.45, 7) is 8.25. The second-order valence-corrected chi connectivity index (χ2v) is 16.6. The lowest BCUT2D eigenvalue weighted by Crippen LogP contribution is -2.35. The van der Waals surface area contributed by atoms with Crippen molar-refractivity contribution in [2.24, 2.45) is 0 Å². The van der Waals surface area contributed by atoms with Gasteiger partial charge in [-0.3, -0.25) is 0 Å². The van der Waals surface area contributed by atoms with Crippen LogP contribution in [0.4, 0.5) is 0 Å². The minimum absolute atomic E-state index is 0.0292. The van der Waals surface area contributed by atoms with E-state index >= 15 is 0 Å². The minimum atomic E-state index is -0.0292. The van der Waals surface area contributed by atoms with Crippen molar-refractivity contribution in [3.63, 3.8) is 0 Å². The third kappa shape index (κ3) is 18.1. The van der Waals surface area contributed by atoms with E-state index in [0.29, 0.717) is 5.92 Å². The van der Waals surface area contributed by atoms with Gasteiger partial charge in [-0.15, -0.1) is 0 Å². The van der Waals surface area contributed by atoms with Gasteiger partial charge in [0.15, 0.2) is 0 Å². The number of nitrogens with zero attached hydrogens (tertiary/aromatic N) is 2. The molecule has 0 aliphatic heterocycles. The smallest absolute Gasteiger partial charge is 0.112 e. The normalized spacial score (nSPS) is 13.4. The number of imidazole rings is 1. The van der Waals surface area contributed by atoms with Crippen LogP contribution in [-0.4, -0.2) is 9.55 Å². The third-order valence-electron chi connectivity index (χ3n) is 12.0. The lowest BCUT2D eigenvalue weighted by molar-refractivity contribution is 0.321. The van der Waals surface area contributed by atoms with Gasteiger partial charge in [0.2, 0.25) is 0 Å². The maximum Gasteiger partial charge on any atom is 0.112 e. The molecular weight excluding hydrogens is 629 g/mol. The fraction of sp³-hybridized carbons (Fsp3) is 0.700. The Balaban J connectivity index is 1.51. The van der Waals surface area contributed by atoms with Gasteiger partial charge in [-0.05, 0) is 30.4 Å². The Morgan fingerprint density at radius 1 is 0.500 bits per heavy atom. The lowest BCUT2D eigenvalue weighted by Gasteiger charge is -2.39. The van der Waals surface area contributed by atoms with Crippen molar-refractivity contribution in [3.8, 4) is 0 Å². The molecule has 2 nitrogen and oxygen atoms in total. The summed E-state index contributed by atoms with van der Waals surface area (Å²) in [6.07, 6.45) is 44.5. The third-order valence-corrected chi connectivity index (χ3v) is 12.0. The highest BCUT2D eigenvalue weighted by Gasteiger charge is 2.39. The molecule has 2 heteroatoms. The van der Waals surface area contributed by atoms with Crippen LogP contribution in [0.25, 0.3) is 0 Å². The molecule has 0 N–H and O–H groups in total. The predicted molar refractivity (Wildman–Crippen MR) is 230 cm³/mol. The average Bonchev–Trinajstić information content (AvgIpc) is 3.63. The highest BCUT2D eigenvalue weighted by molar-refractivity contribution is 5.33. The second kappa shape index (κ2) is 29.1. The lowest BCUT2D eigenvalue weighted by atomic mass is 9.66. The summed E-state index contributed by atoms with van der Waals surface area (Å²) in [7, 11) is 0. The molecule has 3 aromatic rings. The molecule has 0 amide bonds. The maximum atomic E-state index is 5.18. The topological polar surface area (TPSA) is 17.8 Å². The van der Waals surface area contributed by atoms with Crippen LogP contribution in [0.5, 0.6) is 0 Å². The van der Waals surface area contributed by atoms with E-state index < -0.39 is 0 Å². The molecule has 2 aromatic carbocycles. The van der Waals surface area contributed by atoms with Gasteiger partial charge in [0.25, 0.3) is 0 Å². The Labute approximate surface area is 323 Å². The van der Waals surface area contributed by atoms with Crippen LogP contribution in [-0.2, 0) is 18.4 Å². The standard InChI is InChI=1S/C50H82N2/c1-4-6-8-10-12-14-16-18-19-20-22-24-26-28-36-43-52-44-42-51-49(52)48(41-35-27-25-23-21-17-15-13-11-9-7-5-2)50(3,47-39-33-30-34-40-47)45-46-37-31-29-32-38-46/h29-34,37-40,42,44,48H,4-28,35-36,41,43,45H2,1-3H3. The zero-order valence-electron chi connectivity index (χ0n) is 34.6. The van der Waals surface area contributed by atoms with Crippen molar-refractivity contribution in [3.05, 3.63) is 90.0 Å². The van der Waals surface area contributed by atoms with Crippen LogP contribution in [0.2, 0.25) is 0 Å². The van der Waals surface area contributed by atoms with Crippen LogP contribution < -0.4 is 0 Å². The zero-order chi connectivity index (χ0) is 36.8. The van der Waals surface area contributed by atoms with E-state index in [1.807, 2.05) is 0 Å². The van der Waals surface area contributed by atoms with E-state index in [1.54, 1.807) is 0 Å². The molecule has 3 rings (SSSR count). The largest absolute Gasteiger partial charge is 0.335 e. The van der Waals surface area contributed by atoms with E-state index in [1.165, 1.54) is 197 Å². The number of aromatic nitrogens is 2. The summed E-state index contributed by atoms with van der Waals surface area (Å²) in [5.41, 5.74) is 2.84. The van der Waals surface area contributed by atoms with Crippen LogP contribution in [0, 0.1) is 0 Å². The summed E-state index contributed by atoms with van der Waals surface area (Å²) in [5.74, 6) is 1.69. The summed E-state index contributed by atoms with van der Waals surface area (Å²) < 4.78 is 2.54. The molecule has 0 bridgehead atoms. The van der Waals surface area contributed by atoms with Crippen molar-refractivity contribution in [1.29, 1.82) is 0 Å². The number of benzene rings is 2. The molecule has 0 saturated carbocycles. The molecule has 0 aliphatic rings. The molecule has 1 aromatic heterocycles. The van der Waals surface area contributed by atoms with Crippen molar-refractivity contribution in [2.75, 3.05) is 0 Å². The molecule has 2 unspecified atom stereocenters. The molecule has 1 heterocycles. The molecule has 0 saturated heterocycles. The van der Waals surface area contributed by atoms with Gasteiger partial charge >= 0.3 is 0 Å². The van der Waals surface area contributed by atoms with E-state index in [0.717, 1.165) is 13.0 Å². The van der Waals surface area contributed by atoms with Crippen LogP contribution in [0.1, 0.15) is 223 Å². The minimum Gasteiger partial charge on any atom is -0.335 e. The van der Waals surface area contributed by atoms with Gasteiger partial charge in [-0.25, -0.2) is 4.98 Å². The number of hydrogen-bond acceptors (Lipinski definition) is 1. The molecule has 0 aliphatic carbocycles.